The third-order valence-electron chi connectivity index (χ3n) is 4.52. The number of rotatable bonds is 10. The Hall–Kier alpha value is -6.96. The van der Waals surface area contributed by atoms with Crippen molar-refractivity contribution in [3.05, 3.63) is 97.1 Å². The van der Waals surface area contributed by atoms with E-state index in [2.05, 4.69) is 0 Å². The van der Waals surface area contributed by atoms with Crippen LogP contribution in [0.4, 0.5) is 51.2 Å². The van der Waals surface area contributed by atoms with Gasteiger partial charge in [-0.3, -0.25) is 91.0 Å². The van der Waals surface area contributed by atoms with Gasteiger partial charge in [-0.15, -0.1) is 0 Å². The first-order valence-corrected chi connectivity index (χ1v) is 8.63. The summed E-state index contributed by atoms with van der Waals surface area (Å²) in [6.45, 7) is 0. The van der Waals surface area contributed by atoms with Crippen LogP contribution in [0.1, 0.15) is 0 Å². The van der Waals surface area contributed by atoms with Crippen molar-refractivity contribution in [3.63, 3.8) is 0 Å². The summed E-state index contributed by atoms with van der Waals surface area (Å²) in [5, 5.41) is 104. The van der Waals surface area contributed by atoms with Gasteiger partial charge in [-0.1, -0.05) is 0 Å². The Morgan fingerprint density at radius 2 is 0.590 bits per heavy atom. The lowest BCUT2D eigenvalue weighted by Crippen LogP contribution is -2.11. The Morgan fingerprint density at radius 1 is 0.333 bits per heavy atom. The monoisotopic (exact) mass is 559 g/mol. The molecule has 0 saturated carbocycles. The second-order valence-corrected chi connectivity index (χ2v) is 6.42. The highest BCUT2D eigenvalue weighted by Gasteiger charge is 2.57. The lowest BCUT2D eigenvalue weighted by Gasteiger charge is -2.08. The molecule has 0 aromatic heterocycles. The maximum Gasteiger partial charge on any atom is 0.437 e. The molecule has 0 atom stereocenters. The van der Waals surface area contributed by atoms with Crippen LogP contribution in [-0.2, 0) is 0 Å². The molecule has 0 saturated heterocycles. The smallest absolute Gasteiger partial charge is 0.258 e. The molecule has 0 aliphatic carbocycles. The molecule has 2 rings (SSSR count). The Balaban J connectivity index is 3.70. The number of nitro benzene ring substituents is 9. The zero-order chi connectivity index (χ0) is 30.3. The van der Waals surface area contributed by atoms with Crippen molar-refractivity contribution in [1.29, 1.82) is 0 Å². The fraction of sp³-hybridized carbons (Fsp3) is 0. The fourth-order valence-electron chi connectivity index (χ4n) is 3.32. The Labute approximate surface area is 204 Å². The van der Waals surface area contributed by atoms with E-state index >= 15 is 0 Å². The lowest BCUT2D eigenvalue weighted by molar-refractivity contribution is -0.459. The van der Waals surface area contributed by atoms with Gasteiger partial charge in [0, 0.05) is 6.07 Å². The average Bonchev–Trinajstić information content (AvgIpc) is 2.79. The van der Waals surface area contributed by atoms with Gasteiger partial charge in [0.05, 0.1) is 49.9 Å². The molecule has 2 aromatic rings. The molecule has 0 unspecified atom stereocenters. The molecular weight excluding hydrogens is 558 g/mol. The second kappa shape index (κ2) is 9.59. The van der Waals surface area contributed by atoms with Gasteiger partial charge in [0.25, 0.3) is 0 Å². The van der Waals surface area contributed by atoms with E-state index in [1.54, 1.807) is 0 Å². The van der Waals surface area contributed by atoms with E-state index < -0.39 is 113 Å². The van der Waals surface area contributed by atoms with Crippen LogP contribution in [0.3, 0.4) is 0 Å². The normalized spacial score (nSPS) is 10.4. The van der Waals surface area contributed by atoms with Crippen molar-refractivity contribution >= 4 is 51.2 Å². The van der Waals surface area contributed by atoms with Gasteiger partial charge < -0.3 is 0 Å². The number of nitrogens with zero attached hydrogens (tertiary/aromatic N) is 9. The van der Waals surface area contributed by atoms with Gasteiger partial charge >= 0.3 is 51.2 Å². The van der Waals surface area contributed by atoms with Crippen LogP contribution < -0.4 is 0 Å². The van der Waals surface area contributed by atoms with E-state index in [1.165, 1.54) is 0 Å². The molecule has 27 heteroatoms. The molecule has 0 amide bonds. The van der Waals surface area contributed by atoms with Crippen LogP contribution in [0.25, 0.3) is 11.1 Å². The maximum atomic E-state index is 11.8. The largest absolute Gasteiger partial charge is 0.437 e. The number of nitro groups is 9. The van der Waals surface area contributed by atoms with E-state index in [-0.39, 0.29) is 0 Å². The van der Waals surface area contributed by atoms with Crippen LogP contribution in [-0.4, -0.2) is 44.3 Å². The number of hydrogen-bond donors (Lipinski definition) is 0. The highest BCUT2D eigenvalue weighted by Crippen LogP contribution is 2.59. The van der Waals surface area contributed by atoms with Gasteiger partial charge in [0.1, 0.15) is 0 Å². The molecule has 39 heavy (non-hydrogen) atoms. The van der Waals surface area contributed by atoms with Gasteiger partial charge in [0.2, 0.25) is 0 Å². The fourth-order valence-corrected chi connectivity index (χ4v) is 3.32. The highest BCUT2D eigenvalue weighted by atomic mass is 16.7. The van der Waals surface area contributed by atoms with E-state index in [9.17, 15) is 91.0 Å². The summed E-state index contributed by atoms with van der Waals surface area (Å²) in [7, 11) is 0. The van der Waals surface area contributed by atoms with Gasteiger partial charge in [0.15, 0.2) is 5.56 Å². The van der Waals surface area contributed by atoms with Crippen LogP contribution in [0.2, 0.25) is 0 Å². The SMILES string of the molecule is O=[N+]([O-])c1cc(-c2c([N+](=O)[O-])c([N+](=O)[O-])c([N+](=O)[O-])c([N+](=O)[O-])c2[N+](=O)[O-])c([N+](=O)[O-])c([N+](=O)[O-])c1[N+](=O)[O-]. The minimum atomic E-state index is -2.49. The van der Waals surface area contributed by atoms with E-state index in [1.807, 2.05) is 0 Å². The summed E-state index contributed by atoms with van der Waals surface area (Å²) in [6, 6.07) is -0.447. The molecule has 2 aromatic carbocycles. The van der Waals surface area contributed by atoms with Gasteiger partial charge in [-0.05, 0) is 0 Å². The maximum absolute atomic E-state index is 11.8. The number of hydrogen-bond acceptors (Lipinski definition) is 18. The predicted octanol–water partition coefficient (Wildman–Crippen LogP) is 2.53. The zero-order valence-electron chi connectivity index (χ0n) is 17.5. The van der Waals surface area contributed by atoms with Crippen LogP contribution in [0.15, 0.2) is 6.07 Å². The topological polar surface area (TPSA) is 388 Å². The summed E-state index contributed by atoms with van der Waals surface area (Å²) < 4.78 is 0. The third-order valence-corrected chi connectivity index (χ3v) is 4.52. The quantitative estimate of drug-likeness (QED) is 0.298. The van der Waals surface area contributed by atoms with E-state index in [4.69, 9.17) is 0 Å². The first-order valence-electron chi connectivity index (χ1n) is 8.63. The first-order chi connectivity index (χ1) is 17.9. The lowest BCUT2D eigenvalue weighted by atomic mass is 9.94. The molecular formula is C12HN9O18. The molecule has 0 fully saturated rings. The molecule has 27 nitrogen and oxygen atoms in total. The summed E-state index contributed by atoms with van der Waals surface area (Å²) >= 11 is 0. The van der Waals surface area contributed by atoms with E-state index in [0.29, 0.717) is 0 Å². The summed E-state index contributed by atoms with van der Waals surface area (Å²) in [5.74, 6) is 0. The molecule has 0 radical (unpaired) electrons. The third kappa shape index (κ3) is 4.41. The summed E-state index contributed by atoms with van der Waals surface area (Å²) in [4.78, 5) is 86.4. The van der Waals surface area contributed by atoms with Crippen molar-refractivity contribution in [2.75, 3.05) is 0 Å². The Morgan fingerprint density at radius 3 is 0.846 bits per heavy atom. The Bertz CT molecular complexity index is 1560. The van der Waals surface area contributed by atoms with Crippen LogP contribution in [0.5, 0.6) is 0 Å². The van der Waals surface area contributed by atoms with Crippen molar-refractivity contribution < 1.29 is 44.3 Å². The summed E-state index contributed by atoms with van der Waals surface area (Å²) in [5.41, 5.74) is -25.8. The van der Waals surface area contributed by atoms with Gasteiger partial charge in [-0.2, -0.15) is 0 Å². The molecule has 0 aliphatic rings. The zero-order valence-corrected chi connectivity index (χ0v) is 17.5. The predicted molar refractivity (Wildman–Crippen MR) is 112 cm³/mol. The summed E-state index contributed by atoms with van der Waals surface area (Å²) in [6.07, 6.45) is 0. The Kier molecular flexibility index (Phi) is 6.95. The number of benzene rings is 2. The molecule has 0 bridgehead atoms. The van der Waals surface area contributed by atoms with Crippen molar-refractivity contribution in [3.8, 4) is 11.1 Å². The standard InChI is InChI=1S/C12HN9O18/c22-13(23)3-1-2(5(14(24)25)9(18(32)33)6(3)15(26)27)4-7(16(28)29)10(19(34)35)12(21(38)39)11(20(36)37)8(4)17(30)31/h1H. The molecule has 0 spiro atoms. The first kappa shape index (κ1) is 28.3. The van der Waals surface area contributed by atoms with Crippen molar-refractivity contribution in [2.24, 2.45) is 0 Å². The van der Waals surface area contributed by atoms with Crippen LogP contribution >= 0.6 is 0 Å². The molecule has 202 valence electrons. The van der Waals surface area contributed by atoms with Crippen molar-refractivity contribution in [2.45, 2.75) is 0 Å². The highest BCUT2D eigenvalue weighted by molar-refractivity contribution is 6.02. The second-order valence-electron chi connectivity index (χ2n) is 6.42. The average molecular weight is 559 g/mol. The van der Waals surface area contributed by atoms with Gasteiger partial charge in [-0.25, -0.2) is 0 Å². The molecule has 0 heterocycles. The van der Waals surface area contributed by atoms with Crippen molar-refractivity contribution in [1.82, 2.24) is 0 Å². The van der Waals surface area contributed by atoms with E-state index in [0.717, 1.165) is 0 Å². The van der Waals surface area contributed by atoms with Crippen LogP contribution in [0, 0.1) is 91.0 Å². The minimum Gasteiger partial charge on any atom is -0.258 e. The molecule has 0 N–H and O–H groups in total. The minimum absolute atomic E-state index is 0.447. The molecule has 0 aliphatic heterocycles.